The molecule has 0 fully saturated rings. The third-order valence-corrected chi connectivity index (χ3v) is 4.81. The Morgan fingerprint density at radius 1 is 1.08 bits per heavy atom. The topological polar surface area (TPSA) is 104 Å². The van der Waals surface area contributed by atoms with E-state index in [2.05, 4.69) is 6.92 Å². The Bertz CT molecular complexity index is 505. The van der Waals surface area contributed by atoms with E-state index in [9.17, 15) is 20.3 Å². The molecule has 0 amide bonds. The Morgan fingerprint density at radius 2 is 1.68 bits per heavy atom. The Hall–Kier alpha value is -1.50. The van der Waals surface area contributed by atoms with E-state index in [-0.39, 0.29) is 6.42 Å². The zero-order valence-corrected chi connectivity index (χ0v) is 15.1. The van der Waals surface area contributed by atoms with E-state index >= 15 is 0 Å². The lowest BCUT2D eigenvalue weighted by Gasteiger charge is -2.28. The number of unbranched alkanes of at least 4 members (excludes halogenated alkanes) is 5. The molecule has 0 bridgehead atoms. The molecule has 25 heavy (non-hydrogen) atoms. The van der Waals surface area contributed by atoms with Crippen molar-refractivity contribution in [3.8, 4) is 0 Å². The second-order valence-corrected chi connectivity index (χ2v) is 6.65. The van der Waals surface area contributed by atoms with E-state index < -0.39 is 29.8 Å². The standard InChI is InChI=1S/C19H31NO5/c1-2-3-4-5-6-7-8-16-9-11-17(12-10-16)18(23)19(15-22,13-14-21)20(24)25/h9-12,18,21-23H,2-8,13-15H2,1H3. The minimum Gasteiger partial charge on any atom is -0.396 e. The molecule has 0 radical (unpaired) electrons. The highest BCUT2D eigenvalue weighted by Gasteiger charge is 2.49. The summed E-state index contributed by atoms with van der Waals surface area (Å²) >= 11 is 0. The van der Waals surface area contributed by atoms with Crippen molar-refractivity contribution in [3.05, 3.63) is 45.5 Å². The summed E-state index contributed by atoms with van der Waals surface area (Å²) in [5, 5.41) is 40.3. The van der Waals surface area contributed by atoms with Crippen LogP contribution in [0.2, 0.25) is 0 Å². The fourth-order valence-corrected chi connectivity index (χ4v) is 3.03. The highest BCUT2D eigenvalue weighted by Crippen LogP contribution is 2.32. The summed E-state index contributed by atoms with van der Waals surface area (Å²) in [6, 6.07) is 7.07. The molecule has 6 heteroatoms. The molecule has 0 aliphatic heterocycles. The van der Waals surface area contributed by atoms with Gasteiger partial charge in [-0.2, -0.15) is 0 Å². The van der Waals surface area contributed by atoms with Gasteiger partial charge < -0.3 is 15.3 Å². The summed E-state index contributed by atoms with van der Waals surface area (Å²) in [4.78, 5) is 10.7. The van der Waals surface area contributed by atoms with Crippen LogP contribution >= 0.6 is 0 Å². The van der Waals surface area contributed by atoms with E-state index in [1.165, 1.54) is 32.1 Å². The summed E-state index contributed by atoms with van der Waals surface area (Å²) in [5.41, 5.74) is -0.467. The third-order valence-electron chi connectivity index (χ3n) is 4.81. The molecule has 0 aliphatic carbocycles. The molecule has 1 aromatic carbocycles. The van der Waals surface area contributed by atoms with Crippen molar-refractivity contribution < 1.29 is 20.2 Å². The first-order valence-corrected chi connectivity index (χ1v) is 9.15. The second-order valence-electron chi connectivity index (χ2n) is 6.65. The summed E-state index contributed by atoms with van der Waals surface area (Å²) in [5.74, 6) is 0. The number of aryl methyl sites for hydroxylation is 1. The van der Waals surface area contributed by atoms with Crippen LogP contribution in [0.5, 0.6) is 0 Å². The fraction of sp³-hybridized carbons (Fsp3) is 0.684. The molecule has 2 atom stereocenters. The zero-order valence-electron chi connectivity index (χ0n) is 15.1. The third kappa shape index (κ3) is 6.06. The zero-order chi connectivity index (χ0) is 18.7. The maximum absolute atomic E-state index is 11.3. The van der Waals surface area contributed by atoms with Crippen LogP contribution in [-0.2, 0) is 6.42 Å². The number of benzene rings is 1. The van der Waals surface area contributed by atoms with Gasteiger partial charge in [-0.15, -0.1) is 0 Å². The highest BCUT2D eigenvalue weighted by atomic mass is 16.6. The molecule has 142 valence electrons. The van der Waals surface area contributed by atoms with Gasteiger partial charge in [-0.1, -0.05) is 63.3 Å². The molecule has 0 saturated carbocycles. The Labute approximate surface area is 149 Å². The van der Waals surface area contributed by atoms with Gasteiger partial charge in [-0.25, -0.2) is 0 Å². The first-order chi connectivity index (χ1) is 12.0. The van der Waals surface area contributed by atoms with E-state index in [0.29, 0.717) is 5.56 Å². The molecule has 0 spiro atoms. The fourth-order valence-electron chi connectivity index (χ4n) is 3.03. The maximum Gasteiger partial charge on any atom is 0.276 e. The molecule has 3 N–H and O–H groups in total. The number of rotatable bonds is 13. The Morgan fingerprint density at radius 3 is 2.20 bits per heavy atom. The molecule has 0 aromatic heterocycles. The molecule has 2 unspecified atom stereocenters. The summed E-state index contributed by atoms with van der Waals surface area (Å²) in [7, 11) is 0. The van der Waals surface area contributed by atoms with Gasteiger partial charge in [-0.3, -0.25) is 10.1 Å². The van der Waals surface area contributed by atoms with Crippen molar-refractivity contribution >= 4 is 0 Å². The van der Waals surface area contributed by atoms with Crippen molar-refractivity contribution in [1.29, 1.82) is 0 Å². The number of hydrogen-bond acceptors (Lipinski definition) is 5. The quantitative estimate of drug-likeness (QED) is 0.287. The minimum atomic E-state index is -1.98. The summed E-state index contributed by atoms with van der Waals surface area (Å²) in [6.45, 7) is 0.886. The molecule has 0 heterocycles. The second kappa shape index (κ2) is 11.2. The lowest BCUT2D eigenvalue weighted by molar-refractivity contribution is -0.590. The van der Waals surface area contributed by atoms with Gasteiger partial charge in [-0.05, 0) is 24.0 Å². The Kier molecular flexibility index (Phi) is 9.63. The van der Waals surface area contributed by atoms with Gasteiger partial charge in [0.15, 0.2) is 6.10 Å². The van der Waals surface area contributed by atoms with Crippen LogP contribution in [0.15, 0.2) is 24.3 Å². The number of nitrogens with zero attached hydrogens (tertiary/aromatic N) is 1. The summed E-state index contributed by atoms with van der Waals surface area (Å²) < 4.78 is 0. The SMILES string of the molecule is CCCCCCCCc1ccc(C(O)C(CO)(CCO)[N+](=O)[O-])cc1. The van der Waals surface area contributed by atoms with E-state index in [1.54, 1.807) is 12.1 Å². The van der Waals surface area contributed by atoms with E-state index in [0.717, 1.165) is 18.4 Å². The van der Waals surface area contributed by atoms with Crippen molar-refractivity contribution in [2.75, 3.05) is 13.2 Å². The summed E-state index contributed by atoms with van der Waals surface area (Å²) in [6.07, 6.45) is 6.49. The Balaban J connectivity index is 2.66. The van der Waals surface area contributed by atoms with Gasteiger partial charge in [0.1, 0.15) is 6.61 Å². The van der Waals surface area contributed by atoms with Crippen LogP contribution in [0, 0.1) is 10.1 Å². The molecule has 1 rings (SSSR count). The smallest absolute Gasteiger partial charge is 0.276 e. The van der Waals surface area contributed by atoms with Gasteiger partial charge in [0.25, 0.3) is 5.54 Å². The van der Waals surface area contributed by atoms with Gasteiger partial charge >= 0.3 is 0 Å². The highest BCUT2D eigenvalue weighted by molar-refractivity contribution is 5.26. The molecule has 0 aliphatic rings. The average Bonchev–Trinajstić information content (AvgIpc) is 2.62. The molecular formula is C19H31NO5. The molecule has 0 saturated heterocycles. The largest absolute Gasteiger partial charge is 0.396 e. The number of nitro groups is 1. The van der Waals surface area contributed by atoms with E-state index in [1.807, 2.05) is 12.1 Å². The lowest BCUT2D eigenvalue weighted by Crippen LogP contribution is -2.48. The van der Waals surface area contributed by atoms with Crippen LogP contribution in [0.4, 0.5) is 0 Å². The van der Waals surface area contributed by atoms with Gasteiger partial charge in [0.05, 0.1) is 6.61 Å². The van der Waals surface area contributed by atoms with Crippen LogP contribution in [0.25, 0.3) is 0 Å². The van der Waals surface area contributed by atoms with Gasteiger partial charge in [0.2, 0.25) is 0 Å². The average molecular weight is 353 g/mol. The van der Waals surface area contributed by atoms with Crippen molar-refractivity contribution in [1.82, 2.24) is 0 Å². The monoisotopic (exact) mass is 353 g/mol. The molecule has 1 aromatic rings. The first kappa shape index (κ1) is 21.5. The van der Waals surface area contributed by atoms with Crippen LogP contribution < -0.4 is 0 Å². The van der Waals surface area contributed by atoms with Crippen LogP contribution in [0.3, 0.4) is 0 Å². The van der Waals surface area contributed by atoms with Crippen LogP contribution in [0.1, 0.15) is 69.1 Å². The van der Waals surface area contributed by atoms with Crippen molar-refractivity contribution in [2.24, 2.45) is 0 Å². The van der Waals surface area contributed by atoms with Gasteiger partial charge in [0, 0.05) is 11.3 Å². The predicted octanol–water partition coefficient (Wildman–Crippen LogP) is 3.01. The minimum absolute atomic E-state index is 0.308. The molecule has 6 nitrogen and oxygen atoms in total. The van der Waals surface area contributed by atoms with Crippen molar-refractivity contribution in [3.63, 3.8) is 0 Å². The normalized spacial score (nSPS) is 14.9. The predicted molar refractivity (Wildman–Crippen MR) is 97.0 cm³/mol. The first-order valence-electron chi connectivity index (χ1n) is 9.15. The molecular weight excluding hydrogens is 322 g/mol. The maximum atomic E-state index is 11.3. The number of hydrogen-bond donors (Lipinski definition) is 3. The van der Waals surface area contributed by atoms with Crippen molar-refractivity contribution in [2.45, 2.75) is 69.9 Å². The van der Waals surface area contributed by atoms with E-state index in [4.69, 9.17) is 5.11 Å². The van der Waals surface area contributed by atoms with Crippen LogP contribution in [-0.4, -0.2) is 39.0 Å². The lowest BCUT2D eigenvalue weighted by atomic mass is 9.85. The number of aliphatic hydroxyl groups excluding tert-OH is 3. The number of aliphatic hydroxyl groups is 3.